The fourth-order valence-electron chi connectivity index (χ4n) is 2.01. The fraction of sp³-hybridized carbons (Fsp3) is 0.333. The van der Waals surface area contributed by atoms with Gasteiger partial charge in [0, 0.05) is 23.7 Å². The smallest absolute Gasteiger partial charge is 0.234 e. The van der Waals surface area contributed by atoms with E-state index in [9.17, 15) is 9.59 Å². The number of carbonyl (C=O) groups excluding carboxylic acids is 2. The van der Waals surface area contributed by atoms with E-state index in [1.165, 1.54) is 7.11 Å². The van der Waals surface area contributed by atoms with Gasteiger partial charge in [0.15, 0.2) is 0 Å². The van der Waals surface area contributed by atoms with Crippen molar-refractivity contribution in [3.63, 3.8) is 0 Å². The molecular formula is C12H14N2O3. The topological polar surface area (TPSA) is 81.4 Å². The van der Waals surface area contributed by atoms with Crippen LogP contribution in [0.25, 0.3) is 0 Å². The van der Waals surface area contributed by atoms with E-state index in [0.29, 0.717) is 24.3 Å². The summed E-state index contributed by atoms with van der Waals surface area (Å²) in [5.74, 6) is -0.257. The monoisotopic (exact) mass is 234 g/mol. The molecule has 0 radical (unpaired) electrons. The number of benzene rings is 1. The van der Waals surface area contributed by atoms with E-state index in [4.69, 9.17) is 10.5 Å². The number of methoxy groups -OCH3 is 1. The molecule has 17 heavy (non-hydrogen) atoms. The molecule has 1 heterocycles. The van der Waals surface area contributed by atoms with Crippen molar-refractivity contribution >= 4 is 17.5 Å². The highest BCUT2D eigenvalue weighted by molar-refractivity contribution is 6.01. The van der Waals surface area contributed by atoms with E-state index in [0.717, 1.165) is 5.56 Å². The Morgan fingerprint density at radius 2 is 2.18 bits per heavy atom. The van der Waals surface area contributed by atoms with Crippen LogP contribution in [0.15, 0.2) is 18.2 Å². The first-order valence-electron chi connectivity index (χ1n) is 5.39. The Balaban J connectivity index is 2.33. The molecule has 0 aliphatic carbocycles. The third kappa shape index (κ3) is 2.22. The number of amides is 2. The molecule has 2 rings (SSSR count). The second-order valence-corrected chi connectivity index (χ2v) is 4.01. The van der Waals surface area contributed by atoms with Crippen LogP contribution in [-0.4, -0.2) is 18.9 Å². The summed E-state index contributed by atoms with van der Waals surface area (Å²) in [6, 6.07) is 5.18. The second-order valence-electron chi connectivity index (χ2n) is 4.01. The van der Waals surface area contributed by atoms with Gasteiger partial charge in [-0.1, -0.05) is 6.07 Å². The van der Waals surface area contributed by atoms with Crippen LogP contribution >= 0.6 is 0 Å². The number of imide groups is 1. The van der Waals surface area contributed by atoms with Gasteiger partial charge >= 0.3 is 0 Å². The number of nitrogens with two attached hydrogens (primary N) is 1. The van der Waals surface area contributed by atoms with Crippen molar-refractivity contribution < 1.29 is 14.3 Å². The van der Waals surface area contributed by atoms with E-state index in [2.05, 4.69) is 5.32 Å². The summed E-state index contributed by atoms with van der Waals surface area (Å²) in [5, 5.41) is 2.33. The lowest BCUT2D eigenvalue weighted by Gasteiger charge is -2.22. The molecule has 0 spiro atoms. The molecule has 0 aromatic heterocycles. The molecule has 1 aromatic rings. The highest BCUT2D eigenvalue weighted by Crippen LogP contribution is 2.33. The normalized spacial score (nSPS) is 19.9. The summed E-state index contributed by atoms with van der Waals surface area (Å²) >= 11 is 0. The molecule has 1 unspecified atom stereocenters. The predicted molar refractivity (Wildman–Crippen MR) is 62.5 cm³/mol. The van der Waals surface area contributed by atoms with Gasteiger partial charge in [0.25, 0.3) is 0 Å². The molecule has 2 amide bonds. The number of anilines is 1. The molecular weight excluding hydrogens is 220 g/mol. The summed E-state index contributed by atoms with van der Waals surface area (Å²) < 4.78 is 5.21. The molecule has 1 aliphatic rings. The maximum Gasteiger partial charge on any atom is 0.234 e. The maximum atomic E-state index is 11.7. The van der Waals surface area contributed by atoms with Gasteiger partial charge in [-0.25, -0.2) is 0 Å². The molecule has 1 atom stereocenters. The Morgan fingerprint density at radius 3 is 2.82 bits per heavy atom. The van der Waals surface area contributed by atoms with Crippen LogP contribution in [0, 0.1) is 0 Å². The van der Waals surface area contributed by atoms with E-state index < -0.39 is 0 Å². The van der Waals surface area contributed by atoms with Crippen molar-refractivity contribution in [3.05, 3.63) is 23.8 Å². The lowest BCUT2D eigenvalue weighted by atomic mass is 9.90. The Hall–Kier alpha value is -2.04. The summed E-state index contributed by atoms with van der Waals surface area (Å²) in [4.78, 5) is 22.8. The first-order chi connectivity index (χ1) is 8.11. The highest BCUT2D eigenvalue weighted by atomic mass is 16.5. The van der Waals surface area contributed by atoms with E-state index >= 15 is 0 Å². The Morgan fingerprint density at radius 1 is 1.41 bits per heavy atom. The summed E-state index contributed by atoms with van der Waals surface area (Å²) in [6.07, 6.45) is 0.856. The maximum absolute atomic E-state index is 11.7. The molecule has 0 saturated carbocycles. The minimum Gasteiger partial charge on any atom is -0.496 e. The predicted octanol–water partition coefficient (Wildman–Crippen LogP) is 0.798. The highest BCUT2D eigenvalue weighted by Gasteiger charge is 2.29. The summed E-state index contributed by atoms with van der Waals surface area (Å²) in [7, 11) is 1.53. The van der Waals surface area contributed by atoms with Crippen LogP contribution in [0.2, 0.25) is 0 Å². The molecule has 5 nitrogen and oxygen atoms in total. The Kier molecular flexibility index (Phi) is 2.99. The van der Waals surface area contributed by atoms with Crippen LogP contribution in [-0.2, 0) is 9.59 Å². The minimum atomic E-state index is -0.344. The third-order valence-electron chi connectivity index (χ3n) is 2.87. The molecule has 1 fully saturated rings. The van der Waals surface area contributed by atoms with Crippen LogP contribution in [0.1, 0.15) is 24.3 Å². The van der Waals surface area contributed by atoms with Gasteiger partial charge in [0.1, 0.15) is 5.75 Å². The first-order valence-corrected chi connectivity index (χ1v) is 5.39. The standard InChI is InChI=1S/C12H14N2O3/c1-17-10-6-7(13)2-3-8(10)9-4-5-11(15)14-12(9)16/h2-3,6,9H,4-5,13H2,1H3,(H,14,15,16). The van der Waals surface area contributed by atoms with Crippen LogP contribution in [0.5, 0.6) is 5.75 Å². The van der Waals surface area contributed by atoms with E-state index in [-0.39, 0.29) is 17.7 Å². The fourth-order valence-corrected chi connectivity index (χ4v) is 2.01. The molecule has 1 aliphatic heterocycles. The number of rotatable bonds is 2. The van der Waals surface area contributed by atoms with E-state index in [1.54, 1.807) is 18.2 Å². The average Bonchev–Trinajstić information content (AvgIpc) is 2.30. The molecule has 1 aromatic carbocycles. The zero-order valence-electron chi connectivity index (χ0n) is 9.53. The quantitative estimate of drug-likeness (QED) is 0.585. The van der Waals surface area contributed by atoms with Crippen LogP contribution < -0.4 is 15.8 Å². The van der Waals surface area contributed by atoms with Gasteiger partial charge in [-0.2, -0.15) is 0 Å². The van der Waals surface area contributed by atoms with E-state index in [1.807, 2.05) is 0 Å². The van der Waals surface area contributed by atoms with Gasteiger partial charge in [0.05, 0.1) is 13.0 Å². The molecule has 1 saturated heterocycles. The minimum absolute atomic E-state index is 0.222. The Labute approximate surface area is 98.9 Å². The zero-order valence-corrected chi connectivity index (χ0v) is 9.53. The number of nitrogen functional groups attached to an aromatic ring is 1. The van der Waals surface area contributed by atoms with Crippen molar-refractivity contribution in [1.29, 1.82) is 0 Å². The SMILES string of the molecule is COc1cc(N)ccc1C1CCC(=O)NC1=O. The van der Waals surface area contributed by atoms with Crippen molar-refractivity contribution in [2.45, 2.75) is 18.8 Å². The van der Waals surface area contributed by atoms with Crippen molar-refractivity contribution in [1.82, 2.24) is 5.32 Å². The summed E-state index contributed by atoms with van der Waals surface area (Å²) in [5.41, 5.74) is 7.01. The number of carbonyl (C=O) groups is 2. The van der Waals surface area contributed by atoms with Gasteiger partial charge in [-0.3, -0.25) is 14.9 Å². The largest absolute Gasteiger partial charge is 0.496 e. The summed E-state index contributed by atoms with van der Waals surface area (Å²) in [6.45, 7) is 0. The molecule has 90 valence electrons. The first kappa shape index (κ1) is 11.4. The second kappa shape index (κ2) is 4.45. The van der Waals surface area contributed by atoms with Crippen LogP contribution in [0.4, 0.5) is 5.69 Å². The van der Waals surface area contributed by atoms with Crippen molar-refractivity contribution in [2.24, 2.45) is 0 Å². The number of hydrogen-bond donors (Lipinski definition) is 2. The number of ether oxygens (including phenoxy) is 1. The third-order valence-corrected chi connectivity index (χ3v) is 2.87. The lowest BCUT2D eigenvalue weighted by molar-refractivity contribution is -0.134. The van der Waals surface area contributed by atoms with Gasteiger partial charge < -0.3 is 10.5 Å². The Bertz CT molecular complexity index is 471. The van der Waals surface area contributed by atoms with Gasteiger partial charge in [-0.05, 0) is 12.5 Å². The average molecular weight is 234 g/mol. The molecule has 3 N–H and O–H groups in total. The lowest BCUT2D eigenvalue weighted by Crippen LogP contribution is -2.39. The molecule has 5 heteroatoms. The van der Waals surface area contributed by atoms with Gasteiger partial charge in [-0.15, -0.1) is 0 Å². The number of piperidine rings is 1. The van der Waals surface area contributed by atoms with Crippen LogP contribution in [0.3, 0.4) is 0 Å². The number of hydrogen-bond acceptors (Lipinski definition) is 4. The van der Waals surface area contributed by atoms with Crippen molar-refractivity contribution in [2.75, 3.05) is 12.8 Å². The van der Waals surface area contributed by atoms with Crippen molar-refractivity contribution in [3.8, 4) is 5.75 Å². The molecule has 0 bridgehead atoms. The zero-order chi connectivity index (χ0) is 12.4. The van der Waals surface area contributed by atoms with Gasteiger partial charge in [0.2, 0.25) is 11.8 Å². The number of nitrogens with one attached hydrogen (secondary N) is 1.